The number of thiophene rings is 1. The molecule has 4 aromatic rings. The van der Waals surface area contributed by atoms with Gasteiger partial charge in [-0.05, 0) is 48.7 Å². The lowest BCUT2D eigenvalue weighted by atomic mass is 9.98. The number of nitrogens with zero attached hydrogens (tertiary/aromatic N) is 3. The predicted octanol–water partition coefficient (Wildman–Crippen LogP) is 6.14. The molecule has 0 saturated carbocycles. The van der Waals surface area contributed by atoms with Crippen LogP contribution in [0.4, 0.5) is 5.69 Å². The molecule has 1 amide bonds. The minimum atomic E-state index is -0.240. The maximum Gasteiger partial charge on any atom is 0.286 e. The average molecular weight is 461 g/mol. The number of aromatic nitrogens is 1. The number of carbonyl (C=O) groups is 1. The fourth-order valence-electron chi connectivity index (χ4n) is 4.18. The Morgan fingerprint density at radius 2 is 1.84 bits per heavy atom. The van der Waals surface area contributed by atoms with Gasteiger partial charge < -0.3 is 5.73 Å². The molecule has 5 rings (SSSR count). The third-order valence-electron chi connectivity index (χ3n) is 5.70. The van der Waals surface area contributed by atoms with Gasteiger partial charge in [0.15, 0.2) is 0 Å². The number of fused-ring (bicyclic) bond motifs is 1. The van der Waals surface area contributed by atoms with Gasteiger partial charge in [-0.1, -0.05) is 54.1 Å². The largest absolute Gasteiger partial charge is 0.397 e. The Labute approximate surface area is 195 Å². The van der Waals surface area contributed by atoms with E-state index in [1.807, 2.05) is 74.5 Å². The van der Waals surface area contributed by atoms with Crippen molar-refractivity contribution in [3.63, 3.8) is 0 Å². The fourth-order valence-corrected chi connectivity index (χ4v) is 5.45. The van der Waals surface area contributed by atoms with Crippen LogP contribution in [-0.2, 0) is 0 Å². The minimum absolute atomic E-state index is 0.214. The number of aryl methyl sites for hydroxylation is 2. The van der Waals surface area contributed by atoms with Crippen molar-refractivity contribution in [3.8, 4) is 0 Å². The van der Waals surface area contributed by atoms with Gasteiger partial charge in [0.1, 0.15) is 9.71 Å². The van der Waals surface area contributed by atoms with Gasteiger partial charge in [-0.2, -0.15) is 5.10 Å². The molecule has 0 aliphatic carbocycles. The normalized spacial score (nSPS) is 15.9. The Hall–Kier alpha value is -3.22. The Bertz CT molecular complexity index is 1360. The fraction of sp³-hybridized carbons (Fsp3) is 0.160. The molecule has 0 unspecified atom stereocenters. The zero-order chi connectivity index (χ0) is 22.4. The van der Waals surface area contributed by atoms with Crippen LogP contribution in [0.25, 0.3) is 10.2 Å². The molecule has 2 N–H and O–H groups in total. The maximum atomic E-state index is 13.8. The number of benzene rings is 2. The predicted molar refractivity (Wildman–Crippen MR) is 131 cm³/mol. The third-order valence-corrected chi connectivity index (χ3v) is 7.04. The van der Waals surface area contributed by atoms with Crippen LogP contribution in [0.2, 0.25) is 5.02 Å². The van der Waals surface area contributed by atoms with Crippen molar-refractivity contribution in [3.05, 3.63) is 92.9 Å². The molecule has 0 spiro atoms. The summed E-state index contributed by atoms with van der Waals surface area (Å²) in [6.45, 7) is 3.93. The summed E-state index contributed by atoms with van der Waals surface area (Å²) in [7, 11) is 0. The zero-order valence-electron chi connectivity index (χ0n) is 17.7. The van der Waals surface area contributed by atoms with E-state index >= 15 is 0 Å². The van der Waals surface area contributed by atoms with Gasteiger partial charge in [-0.3, -0.25) is 4.79 Å². The van der Waals surface area contributed by atoms with Crippen molar-refractivity contribution in [2.24, 2.45) is 5.10 Å². The smallest absolute Gasteiger partial charge is 0.286 e. The number of hydrazone groups is 1. The van der Waals surface area contributed by atoms with Crippen LogP contribution >= 0.6 is 22.9 Å². The number of carbonyl (C=O) groups excluding carboxylic acids is 1. The van der Waals surface area contributed by atoms with Crippen molar-refractivity contribution in [2.75, 3.05) is 5.73 Å². The van der Waals surface area contributed by atoms with Gasteiger partial charge in [0, 0.05) is 22.5 Å². The summed E-state index contributed by atoms with van der Waals surface area (Å²) < 4.78 is 0. The highest BCUT2D eigenvalue weighted by Crippen LogP contribution is 2.40. The number of nitrogen functional groups attached to an aromatic ring is 1. The average Bonchev–Trinajstić information content (AvgIpc) is 3.36. The molecular formula is C25H21ClN4OS. The summed E-state index contributed by atoms with van der Waals surface area (Å²) in [6.07, 6.45) is 0.610. The number of rotatable bonds is 3. The number of nitrogens with two attached hydrogens (primary N) is 1. The van der Waals surface area contributed by atoms with Gasteiger partial charge in [0.05, 0.1) is 17.4 Å². The summed E-state index contributed by atoms with van der Waals surface area (Å²) in [4.78, 5) is 19.6. The molecule has 2 aromatic heterocycles. The quantitative estimate of drug-likeness (QED) is 0.399. The van der Waals surface area contributed by atoms with E-state index in [9.17, 15) is 4.79 Å². The standard InChI is InChI=1S/C25H21ClN4OS/c1-14-12-15(2)28-24-21(14)22(27)23(32-24)25(31)30-20(17-8-10-18(26)11-9-17)13-19(29-30)16-6-4-3-5-7-16/h3-12,20H,13,27H2,1-2H3/t20-/m0/s1. The molecule has 160 valence electrons. The minimum Gasteiger partial charge on any atom is -0.397 e. The second kappa shape index (κ2) is 8.04. The van der Waals surface area contributed by atoms with Crippen LogP contribution in [0.3, 0.4) is 0 Å². The summed E-state index contributed by atoms with van der Waals surface area (Å²) in [5.74, 6) is -0.214. The van der Waals surface area contributed by atoms with Crippen LogP contribution in [0.1, 0.15) is 44.5 Å². The maximum absolute atomic E-state index is 13.8. The van der Waals surface area contributed by atoms with Gasteiger partial charge in [0.25, 0.3) is 5.91 Å². The second-order valence-electron chi connectivity index (χ2n) is 7.94. The zero-order valence-corrected chi connectivity index (χ0v) is 19.2. The summed E-state index contributed by atoms with van der Waals surface area (Å²) in [6, 6.07) is 19.2. The molecular weight excluding hydrogens is 440 g/mol. The Kier molecular flexibility index (Phi) is 5.19. The molecule has 0 saturated heterocycles. The van der Waals surface area contributed by atoms with E-state index in [0.717, 1.165) is 38.3 Å². The number of hydrogen-bond acceptors (Lipinski definition) is 5. The summed E-state index contributed by atoms with van der Waals surface area (Å²) >= 11 is 7.43. The van der Waals surface area contributed by atoms with Crippen LogP contribution in [0, 0.1) is 13.8 Å². The van der Waals surface area contributed by atoms with E-state index in [-0.39, 0.29) is 11.9 Å². The van der Waals surface area contributed by atoms with E-state index in [4.69, 9.17) is 22.4 Å². The molecule has 0 bridgehead atoms. The van der Waals surface area contributed by atoms with Gasteiger partial charge in [-0.15, -0.1) is 11.3 Å². The second-order valence-corrected chi connectivity index (χ2v) is 9.37. The first-order valence-electron chi connectivity index (χ1n) is 10.3. The number of anilines is 1. The first kappa shape index (κ1) is 20.7. The van der Waals surface area contributed by atoms with E-state index in [0.29, 0.717) is 22.0 Å². The number of hydrogen-bond donors (Lipinski definition) is 1. The first-order chi connectivity index (χ1) is 15.4. The number of pyridine rings is 1. The molecule has 3 heterocycles. The topological polar surface area (TPSA) is 71.6 Å². The van der Waals surface area contributed by atoms with Crippen LogP contribution in [0.15, 0.2) is 65.8 Å². The lowest BCUT2D eigenvalue weighted by Gasteiger charge is -2.21. The highest BCUT2D eigenvalue weighted by molar-refractivity contribution is 7.21. The lowest BCUT2D eigenvalue weighted by Crippen LogP contribution is -2.27. The van der Waals surface area contributed by atoms with E-state index in [1.54, 1.807) is 5.01 Å². The van der Waals surface area contributed by atoms with Gasteiger partial charge >= 0.3 is 0 Å². The monoisotopic (exact) mass is 460 g/mol. The van der Waals surface area contributed by atoms with E-state index in [1.165, 1.54) is 11.3 Å². The molecule has 1 aliphatic heterocycles. The van der Waals surface area contributed by atoms with Crippen LogP contribution in [0.5, 0.6) is 0 Å². The number of amides is 1. The Balaban J connectivity index is 1.60. The first-order valence-corrected chi connectivity index (χ1v) is 11.5. The Morgan fingerprint density at radius 3 is 2.56 bits per heavy atom. The lowest BCUT2D eigenvalue weighted by molar-refractivity contribution is 0.0717. The SMILES string of the molecule is Cc1cc(C)c2c(N)c(C(=O)N3N=C(c4ccccc4)C[C@H]3c3ccc(Cl)cc3)sc2n1. The number of halogens is 1. The van der Waals surface area contributed by atoms with Crippen LogP contribution in [-0.4, -0.2) is 21.6 Å². The highest BCUT2D eigenvalue weighted by atomic mass is 35.5. The third kappa shape index (κ3) is 3.55. The van der Waals surface area contributed by atoms with Crippen molar-refractivity contribution in [1.29, 1.82) is 0 Å². The molecule has 0 fully saturated rings. The van der Waals surface area contributed by atoms with Crippen molar-refractivity contribution in [1.82, 2.24) is 9.99 Å². The van der Waals surface area contributed by atoms with E-state index in [2.05, 4.69) is 4.98 Å². The molecule has 32 heavy (non-hydrogen) atoms. The highest BCUT2D eigenvalue weighted by Gasteiger charge is 2.35. The molecule has 0 radical (unpaired) electrons. The Morgan fingerprint density at radius 1 is 1.12 bits per heavy atom. The summed E-state index contributed by atoms with van der Waals surface area (Å²) in [5, 5.41) is 7.83. The summed E-state index contributed by atoms with van der Waals surface area (Å²) in [5.41, 5.74) is 11.7. The molecule has 2 aromatic carbocycles. The van der Waals surface area contributed by atoms with Gasteiger partial charge in [0.2, 0.25) is 0 Å². The molecule has 5 nitrogen and oxygen atoms in total. The van der Waals surface area contributed by atoms with Crippen molar-refractivity contribution < 1.29 is 4.79 Å². The molecule has 7 heteroatoms. The van der Waals surface area contributed by atoms with Crippen molar-refractivity contribution >= 4 is 50.5 Å². The van der Waals surface area contributed by atoms with Crippen LogP contribution < -0.4 is 5.73 Å². The molecule has 1 atom stereocenters. The van der Waals surface area contributed by atoms with E-state index < -0.39 is 0 Å². The van der Waals surface area contributed by atoms with Crippen molar-refractivity contribution in [2.45, 2.75) is 26.3 Å². The van der Waals surface area contributed by atoms with Gasteiger partial charge in [-0.25, -0.2) is 9.99 Å². The molecule has 1 aliphatic rings.